The van der Waals surface area contributed by atoms with Gasteiger partial charge in [0.1, 0.15) is 11.5 Å². The lowest BCUT2D eigenvalue weighted by Crippen LogP contribution is -2.16. The third-order valence-electron chi connectivity index (χ3n) is 4.02. The van der Waals surface area contributed by atoms with Crippen molar-refractivity contribution in [1.29, 1.82) is 0 Å². The summed E-state index contributed by atoms with van der Waals surface area (Å²) in [5.41, 5.74) is 2.91. The maximum Gasteiger partial charge on any atom is 0.225 e. The van der Waals surface area contributed by atoms with E-state index in [9.17, 15) is 9.18 Å². The summed E-state index contributed by atoms with van der Waals surface area (Å²) in [5, 5.41) is 2.84. The van der Waals surface area contributed by atoms with Gasteiger partial charge in [-0.3, -0.25) is 4.79 Å². The molecule has 4 nitrogen and oxygen atoms in total. The van der Waals surface area contributed by atoms with Gasteiger partial charge in [0.05, 0.1) is 11.9 Å². The van der Waals surface area contributed by atoms with E-state index in [1.807, 2.05) is 56.3 Å². The Hall–Kier alpha value is -3.34. The quantitative estimate of drug-likeness (QED) is 0.624. The van der Waals surface area contributed by atoms with Crippen LogP contribution in [0.15, 0.2) is 60.8 Å². The molecular weight excluding hydrogens is 353 g/mol. The van der Waals surface area contributed by atoms with Crippen LogP contribution in [0.5, 0.6) is 0 Å². The van der Waals surface area contributed by atoms with Gasteiger partial charge < -0.3 is 5.32 Å². The van der Waals surface area contributed by atoms with Crippen LogP contribution in [0.3, 0.4) is 0 Å². The molecule has 5 heteroatoms. The molecule has 0 saturated heterocycles. The zero-order valence-corrected chi connectivity index (χ0v) is 15.9. The molecule has 0 spiro atoms. The van der Waals surface area contributed by atoms with E-state index in [1.54, 1.807) is 18.3 Å². The number of amides is 1. The van der Waals surface area contributed by atoms with Crippen molar-refractivity contribution in [1.82, 2.24) is 9.97 Å². The normalized spacial score (nSPS) is 11.1. The number of nitrogens with zero attached hydrogens (tertiary/aromatic N) is 2. The standard InChI is InChI=1S/C23H22FN3O/c1-16(2)14-22(28)27-23-20(13-8-17-6-4-3-5-7-17)26-21(15-25-23)18-9-11-19(24)12-10-18/h3-13,15-16H,14H2,1-2H3,(H,25,27,28)/b13-8+. The van der Waals surface area contributed by atoms with E-state index in [-0.39, 0.29) is 17.6 Å². The second-order valence-corrected chi connectivity index (χ2v) is 6.89. The van der Waals surface area contributed by atoms with Gasteiger partial charge in [0, 0.05) is 12.0 Å². The van der Waals surface area contributed by atoms with Gasteiger partial charge in [-0.05, 0) is 41.8 Å². The molecule has 142 valence electrons. The Morgan fingerprint density at radius 3 is 2.46 bits per heavy atom. The maximum absolute atomic E-state index is 13.2. The van der Waals surface area contributed by atoms with Crippen LogP contribution < -0.4 is 5.32 Å². The molecular formula is C23H22FN3O. The highest BCUT2D eigenvalue weighted by Gasteiger charge is 2.12. The van der Waals surface area contributed by atoms with Crippen LogP contribution in [0, 0.1) is 11.7 Å². The van der Waals surface area contributed by atoms with Crippen molar-refractivity contribution < 1.29 is 9.18 Å². The third kappa shape index (κ3) is 5.33. The molecule has 28 heavy (non-hydrogen) atoms. The van der Waals surface area contributed by atoms with Crippen LogP contribution in [0.2, 0.25) is 0 Å². The first-order chi connectivity index (χ1) is 13.5. The fraction of sp³-hybridized carbons (Fsp3) is 0.174. The number of halogens is 1. The minimum atomic E-state index is -0.307. The van der Waals surface area contributed by atoms with Crippen molar-refractivity contribution >= 4 is 23.9 Å². The first-order valence-electron chi connectivity index (χ1n) is 9.17. The third-order valence-corrected chi connectivity index (χ3v) is 4.02. The molecule has 0 fully saturated rings. The summed E-state index contributed by atoms with van der Waals surface area (Å²) in [6.45, 7) is 3.97. The average Bonchev–Trinajstić information content (AvgIpc) is 2.68. The second kappa shape index (κ2) is 9.04. The molecule has 0 unspecified atom stereocenters. The molecule has 1 aromatic heterocycles. The molecule has 0 radical (unpaired) electrons. The SMILES string of the molecule is CC(C)CC(=O)Nc1ncc(-c2ccc(F)cc2)nc1/C=C/c1ccccc1. The number of rotatable bonds is 6. The van der Waals surface area contributed by atoms with Gasteiger partial charge in [-0.15, -0.1) is 0 Å². The van der Waals surface area contributed by atoms with Crippen LogP contribution in [0.25, 0.3) is 23.4 Å². The molecule has 3 aromatic rings. The predicted octanol–water partition coefficient (Wildman–Crippen LogP) is 5.44. The van der Waals surface area contributed by atoms with Gasteiger partial charge in [0.2, 0.25) is 5.91 Å². The lowest BCUT2D eigenvalue weighted by atomic mass is 10.1. The second-order valence-electron chi connectivity index (χ2n) is 6.89. The van der Waals surface area contributed by atoms with Gasteiger partial charge in [0.15, 0.2) is 5.82 Å². The molecule has 1 N–H and O–H groups in total. The lowest BCUT2D eigenvalue weighted by molar-refractivity contribution is -0.116. The Balaban J connectivity index is 1.95. The molecule has 2 aromatic carbocycles. The fourth-order valence-electron chi connectivity index (χ4n) is 2.67. The largest absolute Gasteiger partial charge is 0.309 e. The summed E-state index contributed by atoms with van der Waals surface area (Å²) in [5.74, 6) is 0.241. The van der Waals surface area contributed by atoms with Crippen LogP contribution in [-0.2, 0) is 4.79 Å². The van der Waals surface area contributed by atoms with Crippen molar-refractivity contribution in [2.24, 2.45) is 5.92 Å². The zero-order chi connectivity index (χ0) is 19.9. The van der Waals surface area contributed by atoms with Gasteiger partial charge >= 0.3 is 0 Å². The Labute approximate surface area is 164 Å². The molecule has 0 atom stereocenters. The van der Waals surface area contributed by atoms with Gasteiger partial charge in [-0.2, -0.15) is 0 Å². The van der Waals surface area contributed by atoms with Crippen molar-refractivity contribution in [3.05, 3.63) is 77.9 Å². The number of anilines is 1. The van der Waals surface area contributed by atoms with Crippen molar-refractivity contribution in [3.8, 4) is 11.3 Å². The molecule has 0 aliphatic carbocycles. The van der Waals surface area contributed by atoms with E-state index in [0.717, 1.165) is 11.1 Å². The zero-order valence-electron chi connectivity index (χ0n) is 15.9. The average molecular weight is 375 g/mol. The van der Waals surface area contributed by atoms with Crippen LogP contribution in [0.4, 0.5) is 10.2 Å². The number of nitrogens with one attached hydrogen (secondary N) is 1. The fourth-order valence-corrected chi connectivity index (χ4v) is 2.67. The summed E-state index contributed by atoms with van der Waals surface area (Å²) in [6.07, 6.45) is 5.72. The summed E-state index contributed by atoms with van der Waals surface area (Å²) >= 11 is 0. The Bertz CT molecular complexity index is 967. The van der Waals surface area contributed by atoms with E-state index < -0.39 is 0 Å². The number of hydrogen-bond donors (Lipinski definition) is 1. The molecule has 0 bridgehead atoms. The highest BCUT2D eigenvalue weighted by Crippen LogP contribution is 2.22. The Kier molecular flexibility index (Phi) is 6.27. The minimum Gasteiger partial charge on any atom is -0.309 e. The molecule has 0 saturated carbocycles. The Morgan fingerprint density at radius 2 is 1.79 bits per heavy atom. The smallest absolute Gasteiger partial charge is 0.225 e. The maximum atomic E-state index is 13.2. The van der Waals surface area contributed by atoms with E-state index >= 15 is 0 Å². The molecule has 0 aliphatic heterocycles. The number of benzene rings is 2. The van der Waals surface area contributed by atoms with Crippen LogP contribution >= 0.6 is 0 Å². The van der Waals surface area contributed by atoms with E-state index in [4.69, 9.17) is 0 Å². The number of hydrogen-bond acceptors (Lipinski definition) is 3. The van der Waals surface area contributed by atoms with E-state index in [2.05, 4.69) is 15.3 Å². The molecule has 0 aliphatic rings. The molecule has 3 rings (SSSR count). The highest BCUT2D eigenvalue weighted by atomic mass is 19.1. The van der Waals surface area contributed by atoms with E-state index in [0.29, 0.717) is 23.6 Å². The summed E-state index contributed by atoms with van der Waals surface area (Å²) in [7, 11) is 0. The van der Waals surface area contributed by atoms with Crippen LogP contribution in [-0.4, -0.2) is 15.9 Å². The first kappa shape index (κ1) is 19.4. The molecule has 1 amide bonds. The predicted molar refractivity (Wildman–Crippen MR) is 111 cm³/mol. The highest BCUT2D eigenvalue weighted by molar-refractivity contribution is 5.92. The van der Waals surface area contributed by atoms with Crippen molar-refractivity contribution in [3.63, 3.8) is 0 Å². The molecule has 1 heterocycles. The van der Waals surface area contributed by atoms with Crippen LogP contribution in [0.1, 0.15) is 31.5 Å². The Morgan fingerprint density at radius 1 is 1.07 bits per heavy atom. The van der Waals surface area contributed by atoms with Crippen molar-refractivity contribution in [2.45, 2.75) is 20.3 Å². The monoisotopic (exact) mass is 375 g/mol. The number of carbonyl (C=O) groups is 1. The summed E-state index contributed by atoms with van der Waals surface area (Å²) in [6, 6.07) is 15.9. The summed E-state index contributed by atoms with van der Waals surface area (Å²) in [4.78, 5) is 21.2. The first-order valence-corrected chi connectivity index (χ1v) is 9.17. The minimum absolute atomic E-state index is 0.104. The van der Waals surface area contributed by atoms with Gasteiger partial charge in [-0.1, -0.05) is 50.3 Å². The number of aromatic nitrogens is 2. The topological polar surface area (TPSA) is 54.9 Å². The van der Waals surface area contributed by atoms with Gasteiger partial charge in [-0.25, -0.2) is 14.4 Å². The van der Waals surface area contributed by atoms with E-state index in [1.165, 1.54) is 12.1 Å². The number of carbonyl (C=O) groups excluding carboxylic acids is 1. The lowest BCUT2D eigenvalue weighted by Gasteiger charge is -2.10. The van der Waals surface area contributed by atoms with Crippen molar-refractivity contribution in [2.75, 3.05) is 5.32 Å². The van der Waals surface area contributed by atoms with Gasteiger partial charge in [0.25, 0.3) is 0 Å². The summed E-state index contributed by atoms with van der Waals surface area (Å²) < 4.78 is 13.2.